The maximum atomic E-state index is 10.8. The fourth-order valence-electron chi connectivity index (χ4n) is 1.79. The standard InChI is InChI=1S/C12H16O3/c1-2-11(12(15,8-13)9-14)10-6-4-3-5-7-10/h3-8,11,14-15H,2,9H2,1H3. The van der Waals surface area contributed by atoms with E-state index in [1.807, 2.05) is 37.3 Å². The number of aliphatic hydroxyl groups is 2. The van der Waals surface area contributed by atoms with Gasteiger partial charge in [-0.2, -0.15) is 0 Å². The third-order valence-corrected chi connectivity index (χ3v) is 2.67. The first-order chi connectivity index (χ1) is 7.18. The van der Waals surface area contributed by atoms with Crippen molar-refractivity contribution in [3.8, 4) is 0 Å². The van der Waals surface area contributed by atoms with Gasteiger partial charge in [0.1, 0.15) is 5.60 Å². The lowest BCUT2D eigenvalue weighted by atomic mass is 9.81. The first-order valence-corrected chi connectivity index (χ1v) is 5.02. The van der Waals surface area contributed by atoms with Crippen LogP contribution in [0.5, 0.6) is 0 Å². The van der Waals surface area contributed by atoms with Crippen LogP contribution in [0.15, 0.2) is 30.3 Å². The average molecular weight is 208 g/mol. The van der Waals surface area contributed by atoms with Crippen LogP contribution < -0.4 is 0 Å². The van der Waals surface area contributed by atoms with Crippen LogP contribution in [0.4, 0.5) is 0 Å². The summed E-state index contributed by atoms with van der Waals surface area (Å²) in [5.41, 5.74) is -0.806. The smallest absolute Gasteiger partial charge is 0.154 e. The molecule has 0 saturated heterocycles. The van der Waals surface area contributed by atoms with Gasteiger partial charge in [0, 0.05) is 5.92 Å². The highest BCUT2D eigenvalue weighted by Crippen LogP contribution is 2.29. The number of carbonyl (C=O) groups excluding carboxylic acids is 1. The van der Waals surface area contributed by atoms with Crippen molar-refractivity contribution in [3.63, 3.8) is 0 Å². The van der Waals surface area contributed by atoms with Gasteiger partial charge in [-0.05, 0) is 12.0 Å². The summed E-state index contributed by atoms with van der Waals surface area (Å²) in [6, 6.07) is 9.26. The Hall–Kier alpha value is -1.19. The number of benzene rings is 1. The molecular formula is C12H16O3. The zero-order chi connectivity index (χ0) is 11.3. The van der Waals surface area contributed by atoms with Crippen molar-refractivity contribution in [3.05, 3.63) is 35.9 Å². The topological polar surface area (TPSA) is 57.5 Å². The van der Waals surface area contributed by atoms with Gasteiger partial charge in [0.25, 0.3) is 0 Å². The molecule has 1 rings (SSSR count). The zero-order valence-corrected chi connectivity index (χ0v) is 8.76. The van der Waals surface area contributed by atoms with E-state index in [0.717, 1.165) is 5.56 Å². The molecule has 0 aliphatic heterocycles. The van der Waals surface area contributed by atoms with Crippen LogP contribution >= 0.6 is 0 Å². The molecule has 0 bridgehead atoms. The minimum atomic E-state index is -1.67. The Morgan fingerprint density at radius 2 is 2.00 bits per heavy atom. The van der Waals surface area contributed by atoms with Crippen molar-refractivity contribution >= 4 is 6.29 Å². The molecule has 15 heavy (non-hydrogen) atoms. The van der Waals surface area contributed by atoms with Crippen molar-refractivity contribution < 1.29 is 15.0 Å². The second kappa shape index (κ2) is 5.05. The van der Waals surface area contributed by atoms with Crippen molar-refractivity contribution in [2.24, 2.45) is 0 Å². The van der Waals surface area contributed by atoms with Crippen LogP contribution in [-0.2, 0) is 4.79 Å². The molecule has 0 amide bonds. The molecule has 0 radical (unpaired) electrons. The van der Waals surface area contributed by atoms with Crippen LogP contribution in [-0.4, -0.2) is 28.7 Å². The molecule has 3 heteroatoms. The monoisotopic (exact) mass is 208 g/mol. The fourth-order valence-corrected chi connectivity index (χ4v) is 1.79. The Balaban J connectivity index is 3.03. The summed E-state index contributed by atoms with van der Waals surface area (Å²) in [5, 5.41) is 19.0. The minimum absolute atomic E-state index is 0.360. The molecule has 2 unspecified atom stereocenters. The molecular weight excluding hydrogens is 192 g/mol. The van der Waals surface area contributed by atoms with Crippen LogP contribution in [0.25, 0.3) is 0 Å². The number of aliphatic hydroxyl groups excluding tert-OH is 1. The highest BCUT2D eigenvalue weighted by molar-refractivity contribution is 5.64. The number of aldehydes is 1. The van der Waals surface area contributed by atoms with Gasteiger partial charge in [-0.3, -0.25) is 0 Å². The Morgan fingerprint density at radius 1 is 1.40 bits per heavy atom. The summed E-state index contributed by atoms with van der Waals surface area (Å²) < 4.78 is 0. The van der Waals surface area contributed by atoms with E-state index >= 15 is 0 Å². The Labute approximate surface area is 89.4 Å². The van der Waals surface area contributed by atoms with Gasteiger partial charge in [-0.1, -0.05) is 37.3 Å². The van der Waals surface area contributed by atoms with Gasteiger partial charge in [0.15, 0.2) is 6.29 Å². The lowest BCUT2D eigenvalue weighted by Crippen LogP contribution is -2.41. The zero-order valence-electron chi connectivity index (χ0n) is 8.76. The second-order valence-corrected chi connectivity index (χ2v) is 3.64. The molecule has 0 spiro atoms. The minimum Gasteiger partial charge on any atom is -0.393 e. The van der Waals surface area contributed by atoms with Gasteiger partial charge in [0.2, 0.25) is 0 Å². The summed E-state index contributed by atoms with van der Waals surface area (Å²) in [6.07, 6.45) is 1.02. The first kappa shape index (κ1) is 11.9. The van der Waals surface area contributed by atoms with Crippen molar-refractivity contribution in [2.45, 2.75) is 24.9 Å². The predicted molar refractivity (Wildman–Crippen MR) is 57.6 cm³/mol. The molecule has 0 aromatic heterocycles. The number of hydrogen-bond acceptors (Lipinski definition) is 3. The number of rotatable bonds is 5. The summed E-state index contributed by atoms with van der Waals surface area (Å²) in [4.78, 5) is 10.8. The first-order valence-electron chi connectivity index (χ1n) is 5.02. The van der Waals surface area contributed by atoms with Gasteiger partial charge in [0.05, 0.1) is 6.61 Å². The maximum absolute atomic E-state index is 10.8. The van der Waals surface area contributed by atoms with Crippen LogP contribution in [0.3, 0.4) is 0 Å². The molecule has 0 heterocycles. The Bertz CT molecular complexity index is 310. The largest absolute Gasteiger partial charge is 0.393 e. The molecule has 82 valence electrons. The molecule has 0 aliphatic rings. The van der Waals surface area contributed by atoms with Crippen molar-refractivity contribution in [1.29, 1.82) is 0 Å². The van der Waals surface area contributed by atoms with Crippen molar-refractivity contribution in [1.82, 2.24) is 0 Å². The molecule has 1 aromatic carbocycles. The highest BCUT2D eigenvalue weighted by Gasteiger charge is 2.35. The molecule has 1 aromatic rings. The van der Waals surface area contributed by atoms with E-state index in [-0.39, 0.29) is 5.92 Å². The van der Waals surface area contributed by atoms with Crippen LogP contribution in [0.1, 0.15) is 24.8 Å². The van der Waals surface area contributed by atoms with Gasteiger partial charge in [-0.25, -0.2) is 0 Å². The predicted octanol–water partition coefficient (Wildman–Crippen LogP) is 1.10. The normalized spacial score (nSPS) is 16.7. The van der Waals surface area contributed by atoms with E-state index < -0.39 is 12.2 Å². The van der Waals surface area contributed by atoms with Gasteiger partial charge >= 0.3 is 0 Å². The van der Waals surface area contributed by atoms with E-state index in [4.69, 9.17) is 5.11 Å². The Morgan fingerprint density at radius 3 is 2.40 bits per heavy atom. The third-order valence-electron chi connectivity index (χ3n) is 2.67. The maximum Gasteiger partial charge on any atom is 0.154 e. The summed E-state index contributed by atoms with van der Waals surface area (Å²) in [5.74, 6) is -0.360. The lowest BCUT2D eigenvalue weighted by molar-refractivity contribution is -0.131. The quantitative estimate of drug-likeness (QED) is 0.712. The highest BCUT2D eigenvalue weighted by atomic mass is 16.3. The van der Waals surface area contributed by atoms with Gasteiger partial charge < -0.3 is 15.0 Å². The molecule has 2 atom stereocenters. The van der Waals surface area contributed by atoms with E-state index in [1.54, 1.807) is 0 Å². The van der Waals surface area contributed by atoms with Crippen LogP contribution in [0.2, 0.25) is 0 Å². The number of hydrogen-bond donors (Lipinski definition) is 2. The SMILES string of the molecule is CCC(c1ccccc1)C(O)(C=O)CO. The summed E-state index contributed by atoms with van der Waals surface area (Å²) >= 11 is 0. The lowest BCUT2D eigenvalue weighted by Gasteiger charge is -2.29. The van der Waals surface area contributed by atoms with Crippen molar-refractivity contribution in [2.75, 3.05) is 6.61 Å². The average Bonchev–Trinajstić information content (AvgIpc) is 2.31. The van der Waals surface area contributed by atoms with E-state index in [9.17, 15) is 9.90 Å². The van der Waals surface area contributed by atoms with Crippen LogP contribution in [0, 0.1) is 0 Å². The fraction of sp³-hybridized carbons (Fsp3) is 0.417. The molecule has 0 saturated carbocycles. The summed E-state index contributed by atoms with van der Waals surface area (Å²) in [6.45, 7) is 1.33. The number of carbonyl (C=O) groups is 1. The Kier molecular flexibility index (Phi) is 4.00. The third kappa shape index (κ3) is 2.43. The summed E-state index contributed by atoms with van der Waals surface area (Å²) in [7, 11) is 0. The van der Waals surface area contributed by atoms with E-state index in [0.29, 0.717) is 12.7 Å². The van der Waals surface area contributed by atoms with E-state index in [1.165, 1.54) is 0 Å². The molecule has 3 nitrogen and oxygen atoms in total. The second-order valence-electron chi connectivity index (χ2n) is 3.64. The van der Waals surface area contributed by atoms with Gasteiger partial charge in [-0.15, -0.1) is 0 Å². The molecule has 0 fully saturated rings. The molecule has 2 N–H and O–H groups in total. The molecule has 0 aliphatic carbocycles. The van der Waals surface area contributed by atoms with E-state index in [2.05, 4.69) is 0 Å².